The van der Waals surface area contributed by atoms with Crippen LogP contribution in [0.5, 0.6) is 0 Å². The first-order chi connectivity index (χ1) is 7.63. The number of aryl methyl sites for hydroxylation is 1. The van der Waals surface area contributed by atoms with Crippen molar-refractivity contribution in [2.45, 2.75) is 46.1 Å². The van der Waals surface area contributed by atoms with Gasteiger partial charge in [0.15, 0.2) is 0 Å². The summed E-state index contributed by atoms with van der Waals surface area (Å²) in [6.07, 6.45) is 3.92. The van der Waals surface area contributed by atoms with Gasteiger partial charge in [0.05, 0.1) is 0 Å². The summed E-state index contributed by atoms with van der Waals surface area (Å²) in [5.41, 5.74) is 2.09. The quantitative estimate of drug-likeness (QED) is 0.795. The molecular weight excluding hydrogens is 214 g/mol. The van der Waals surface area contributed by atoms with E-state index in [4.69, 9.17) is 0 Å². The summed E-state index contributed by atoms with van der Waals surface area (Å²) in [5, 5.41) is 8.12. The van der Waals surface area contributed by atoms with E-state index in [0.717, 1.165) is 18.5 Å². The van der Waals surface area contributed by atoms with Crippen molar-refractivity contribution in [3.05, 3.63) is 22.4 Å². The summed E-state index contributed by atoms with van der Waals surface area (Å²) in [4.78, 5) is 0. The lowest BCUT2D eigenvalue weighted by Gasteiger charge is -2.19. The van der Waals surface area contributed by atoms with Gasteiger partial charge in [-0.05, 0) is 59.5 Å². The normalized spacial score (nSPS) is 24.3. The Labute approximate surface area is 103 Å². The molecule has 1 saturated carbocycles. The van der Waals surface area contributed by atoms with Crippen LogP contribution in [0.2, 0.25) is 0 Å². The molecule has 1 aliphatic carbocycles. The van der Waals surface area contributed by atoms with E-state index in [-0.39, 0.29) is 0 Å². The first-order valence-corrected chi connectivity index (χ1v) is 7.32. The summed E-state index contributed by atoms with van der Waals surface area (Å²) in [7, 11) is 0. The molecule has 2 rings (SSSR count). The van der Waals surface area contributed by atoms with E-state index in [1.807, 2.05) is 11.3 Å². The number of thiophene rings is 1. The Bertz CT molecular complexity index is 315. The van der Waals surface area contributed by atoms with Crippen LogP contribution in [-0.4, -0.2) is 12.6 Å². The van der Waals surface area contributed by atoms with E-state index in [1.165, 1.54) is 24.8 Å². The predicted octanol–water partition coefficient (Wildman–Crippen LogP) is 3.70. The van der Waals surface area contributed by atoms with Crippen molar-refractivity contribution < 1.29 is 0 Å². The second-order valence-electron chi connectivity index (χ2n) is 5.63. The standard InChI is InChI=1S/C14H23NS/c1-4-15-13(12-9-14(12,2)3)6-5-11-7-8-16-10-11/h7-8,10,12-13,15H,4-6,9H2,1-3H3. The zero-order chi connectivity index (χ0) is 11.6. The molecule has 0 aromatic carbocycles. The molecule has 0 bridgehead atoms. The average Bonchev–Trinajstić information content (AvgIpc) is 2.68. The maximum absolute atomic E-state index is 3.67. The van der Waals surface area contributed by atoms with Gasteiger partial charge in [0.25, 0.3) is 0 Å². The van der Waals surface area contributed by atoms with Crippen LogP contribution < -0.4 is 5.32 Å². The molecule has 1 aromatic rings. The third kappa shape index (κ3) is 2.86. The van der Waals surface area contributed by atoms with Crippen LogP contribution >= 0.6 is 11.3 Å². The number of nitrogens with one attached hydrogen (secondary N) is 1. The SMILES string of the molecule is CCNC(CCc1ccsc1)C1CC1(C)C. The first-order valence-electron chi connectivity index (χ1n) is 6.38. The fourth-order valence-electron chi connectivity index (χ4n) is 2.66. The predicted molar refractivity (Wildman–Crippen MR) is 72.0 cm³/mol. The number of rotatable bonds is 6. The third-order valence-electron chi connectivity index (χ3n) is 3.87. The topological polar surface area (TPSA) is 12.0 Å². The molecule has 0 radical (unpaired) electrons. The van der Waals surface area contributed by atoms with Crippen molar-refractivity contribution >= 4 is 11.3 Å². The van der Waals surface area contributed by atoms with Crippen molar-refractivity contribution in [3.8, 4) is 0 Å². The van der Waals surface area contributed by atoms with E-state index in [1.54, 1.807) is 0 Å². The van der Waals surface area contributed by atoms with Gasteiger partial charge in [-0.25, -0.2) is 0 Å². The van der Waals surface area contributed by atoms with E-state index in [9.17, 15) is 0 Å². The highest BCUT2D eigenvalue weighted by molar-refractivity contribution is 7.07. The zero-order valence-corrected chi connectivity index (χ0v) is 11.4. The molecular formula is C14H23NS. The van der Waals surface area contributed by atoms with Crippen molar-refractivity contribution in [2.24, 2.45) is 11.3 Å². The maximum atomic E-state index is 3.67. The Balaban J connectivity index is 1.84. The lowest BCUT2D eigenvalue weighted by Crippen LogP contribution is -2.32. The smallest absolute Gasteiger partial charge is 0.0104 e. The van der Waals surface area contributed by atoms with Gasteiger partial charge in [0.2, 0.25) is 0 Å². The van der Waals surface area contributed by atoms with Gasteiger partial charge in [-0.15, -0.1) is 0 Å². The molecule has 0 spiro atoms. The number of hydrogen-bond acceptors (Lipinski definition) is 2. The molecule has 1 fully saturated rings. The minimum atomic E-state index is 0.585. The van der Waals surface area contributed by atoms with Gasteiger partial charge in [-0.1, -0.05) is 20.8 Å². The second kappa shape index (κ2) is 4.89. The van der Waals surface area contributed by atoms with Crippen molar-refractivity contribution in [1.82, 2.24) is 5.32 Å². The second-order valence-corrected chi connectivity index (χ2v) is 6.41. The van der Waals surface area contributed by atoms with E-state index in [0.29, 0.717) is 5.41 Å². The Hall–Kier alpha value is -0.340. The van der Waals surface area contributed by atoms with Crippen LogP contribution in [0, 0.1) is 11.3 Å². The molecule has 1 aromatic heterocycles. The molecule has 0 saturated heterocycles. The van der Waals surface area contributed by atoms with Gasteiger partial charge >= 0.3 is 0 Å². The summed E-state index contributed by atoms with van der Waals surface area (Å²) in [6.45, 7) is 8.10. The van der Waals surface area contributed by atoms with Crippen molar-refractivity contribution in [3.63, 3.8) is 0 Å². The van der Waals surface area contributed by atoms with Crippen LogP contribution in [0.1, 0.15) is 39.2 Å². The summed E-state index contributed by atoms with van der Waals surface area (Å²) in [6, 6.07) is 2.98. The van der Waals surface area contributed by atoms with Crippen LogP contribution in [0.15, 0.2) is 16.8 Å². The molecule has 1 nitrogen and oxygen atoms in total. The van der Waals surface area contributed by atoms with Gasteiger partial charge in [-0.2, -0.15) is 11.3 Å². The third-order valence-corrected chi connectivity index (χ3v) is 4.60. The maximum Gasteiger partial charge on any atom is 0.0104 e. The van der Waals surface area contributed by atoms with Crippen LogP contribution in [0.3, 0.4) is 0 Å². The fourth-order valence-corrected chi connectivity index (χ4v) is 3.36. The van der Waals surface area contributed by atoms with Gasteiger partial charge in [0, 0.05) is 6.04 Å². The van der Waals surface area contributed by atoms with Crippen LogP contribution in [0.25, 0.3) is 0 Å². The molecule has 16 heavy (non-hydrogen) atoms. The Morgan fingerprint density at radius 3 is 2.81 bits per heavy atom. The molecule has 2 atom stereocenters. The lowest BCUT2D eigenvalue weighted by atomic mass is 9.98. The Morgan fingerprint density at radius 1 is 1.56 bits per heavy atom. The van der Waals surface area contributed by atoms with Crippen LogP contribution in [-0.2, 0) is 6.42 Å². The minimum absolute atomic E-state index is 0.585. The highest BCUT2D eigenvalue weighted by Crippen LogP contribution is 2.54. The lowest BCUT2D eigenvalue weighted by molar-refractivity contribution is 0.392. The molecule has 90 valence electrons. The molecule has 1 N–H and O–H groups in total. The number of hydrogen-bond donors (Lipinski definition) is 1. The molecule has 2 heteroatoms. The minimum Gasteiger partial charge on any atom is -0.314 e. The van der Waals surface area contributed by atoms with E-state index in [2.05, 4.69) is 42.9 Å². The first kappa shape index (κ1) is 12.1. The highest BCUT2D eigenvalue weighted by Gasteiger charge is 2.49. The fraction of sp³-hybridized carbons (Fsp3) is 0.714. The monoisotopic (exact) mass is 237 g/mol. The van der Waals surface area contributed by atoms with Crippen LogP contribution in [0.4, 0.5) is 0 Å². The van der Waals surface area contributed by atoms with Gasteiger partial charge in [-0.3, -0.25) is 0 Å². The summed E-state index contributed by atoms with van der Waals surface area (Å²) >= 11 is 1.81. The van der Waals surface area contributed by atoms with E-state index >= 15 is 0 Å². The zero-order valence-electron chi connectivity index (χ0n) is 10.6. The van der Waals surface area contributed by atoms with Crippen molar-refractivity contribution in [1.29, 1.82) is 0 Å². The summed E-state index contributed by atoms with van der Waals surface area (Å²) < 4.78 is 0. The summed E-state index contributed by atoms with van der Waals surface area (Å²) in [5.74, 6) is 0.895. The highest BCUT2D eigenvalue weighted by atomic mass is 32.1. The van der Waals surface area contributed by atoms with Gasteiger partial charge in [0.1, 0.15) is 0 Å². The molecule has 1 heterocycles. The molecule has 1 aliphatic rings. The average molecular weight is 237 g/mol. The van der Waals surface area contributed by atoms with Gasteiger partial charge < -0.3 is 5.32 Å². The van der Waals surface area contributed by atoms with Crippen molar-refractivity contribution in [2.75, 3.05) is 6.54 Å². The Kier molecular flexibility index (Phi) is 3.70. The molecule has 2 unspecified atom stereocenters. The van der Waals surface area contributed by atoms with E-state index < -0.39 is 0 Å². The Morgan fingerprint density at radius 2 is 2.31 bits per heavy atom. The molecule has 0 aliphatic heterocycles. The largest absolute Gasteiger partial charge is 0.314 e. The molecule has 0 amide bonds.